The van der Waals surface area contributed by atoms with Gasteiger partial charge < -0.3 is 9.47 Å². The molecule has 6 heteroatoms. The number of thiazole rings is 1. The molecule has 0 atom stereocenters. The summed E-state index contributed by atoms with van der Waals surface area (Å²) in [6.07, 6.45) is 0.187. The summed E-state index contributed by atoms with van der Waals surface area (Å²) in [6.45, 7) is 2.31. The number of aryl methyl sites for hydroxylation is 1. The smallest absolute Gasteiger partial charge is 0.311 e. The van der Waals surface area contributed by atoms with Crippen LogP contribution in [0.3, 0.4) is 0 Å². The van der Waals surface area contributed by atoms with E-state index >= 15 is 0 Å². The van der Waals surface area contributed by atoms with Crippen molar-refractivity contribution in [1.29, 1.82) is 0 Å². The number of esters is 1. The fourth-order valence-corrected chi connectivity index (χ4v) is 2.56. The summed E-state index contributed by atoms with van der Waals surface area (Å²) in [4.78, 5) is 15.5. The summed E-state index contributed by atoms with van der Waals surface area (Å²) >= 11 is 7.35. The molecule has 2 aromatic rings. The maximum Gasteiger partial charge on any atom is 0.311 e. The maximum atomic E-state index is 11.1. The van der Waals surface area contributed by atoms with Crippen molar-refractivity contribution in [3.05, 3.63) is 44.9 Å². The van der Waals surface area contributed by atoms with Gasteiger partial charge in [0.2, 0.25) is 0 Å². The molecule has 0 radical (unpaired) electrons. The molecule has 1 aromatic heterocycles. The van der Waals surface area contributed by atoms with Crippen LogP contribution in [0.1, 0.15) is 16.3 Å². The van der Waals surface area contributed by atoms with Gasteiger partial charge in [0.1, 0.15) is 17.4 Å². The number of ether oxygens (including phenoxy) is 2. The molecular formula is C14H14ClNO3S. The molecule has 106 valence electrons. The Hall–Kier alpha value is -1.59. The van der Waals surface area contributed by atoms with E-state index in [1.165, 1.54) is 18.4 Å². The molecule has 1 aromatic carbocycles. The highest BCUT2D eigenvalue weighted by Crippen LogP contribution is 2.23. The van der Waals surface area contributed by atoms with Crippen LogP contribution < -0.4 is 4.74 Å². The predicted molar refractivity (Wildman–Crippen MR) is 78.4 cm³/mol. The second-order valence-electron chi connectivity index (χ2n) is 4.18. The number of methoxy groups -OCH3 is 1. The van der Waals surface area contributed by atoms with Crippen molar-refractivity contribution >= 4 is 28.9 Å². The minimum atomic E-state index is -0.295. The van der Waals surface area contributed by atoms with E-state index in [0.29, 0.717) is 17.3 Å². The molecule has 0 bridgehead atoms. The zero-order chi connectivity index (χ0) is 14.5. The van der Waals surface area contributed by atoms with Crippen LogP contribution in [0.4, 0.5) is 0 Å². The molecule has 0 fully saturated rings. The number of carbonyl (C=O) groups is 1. The number of halogens is 1. The molecule has 0 spiro atoms. The van der Waals surface area contributed by atoms with Gasteiger partial charge in [-0.25, -0.2) is 4.98 Å². The second kappa shape index (κ2) is 6.72. The zero-order valence-corrected chi connectivity index (χ0v) is 12.8. The van der Waals surface area contributed by atoms with Crippen LogP contribution in [0, 0.1) is 6.92 Å². The lowest BCUT2D eigenvalue weighted by Crippen LogP contribution is -2.05. The van der Waals surface area contributed by atoms with E-state index in [2.05, 4.69) is 9.72 Å². The van der Waals surface area contributed by atoms with Gasteiger partial charge in [0, 0.05) is 10.4 Å². The average molecular weight is 312 g/mol. The Kier molecular flexibility index (Phi) is 4.98. The number of hydrogen-bond donors (Lipinski definition) is 0. The summed E-state index contributed by atoms with van der Waals surface area (Å²) in [6, 6.07) is 5.47. The van der Waals surface area contributed by atoms with Crippen molar-refractivity contribution in [2.75, 3.05) is 7.11 Å². The van der Waals surface area contributed by atoms with E-state index in [-0.39, 0.29) is 12.4 Å². The predicted octanol–water partition coefficient (Wildman–Crippen LogP) is 3.40. The van der Waals surface area contributed by atoms with Gasteiger partial charge in [-0.3, -0.25) is 4.79 Å². The van der Waals surface area contributed by atoms with Crippen LogP contribution in [-0.2, 0) is 22.6 Å². The molecule has 1 heterocycles. The average Bonchev–Trinajstić information content (AvgIpc) is 2.85. The first-order valence-electron chi connectivity index (χ1n) is 5.97. The van der Waals surface area contributed by atoms with Gasteiger partial charge in [-0.1, -0.05) is 11.6 Å². The van der Waals surface area contributed by atoms with Gasteiger partial charge in [0.25, 0.3) is 0 Å². The van der Waals surface area contributed by atoms with Crippen molar-refractivity contribution in [3.63, 3.8) is 0 Å². The Morgan fingerprint density at radius 2 is 2.25 bits per heavy atom. The SMILES string of the molecule is COC(=O)Cc1csc(COc2ccc(Cl)cc2C)n1. The standard InChI is InChI=1S/C14H14ClNO3S/c1-9-5-10(15)3-4-12(9)19-7-13-16-11(8-20-13)6-14(17)18-2/h3-5,8H,6-7H2,1-2H3. The van der Waals surface area contributed by atoms with Crippen molar-refractivity contribution in [2.45, 2.75) is 20.0 Å². The van der Waals surface area contributed by atoms with Crippen molar-refractivity contribution in [1.82, 2.24) is 4.98 Å². The van der Waals surface area contributed by atoms with Crippen LogP contribution in [-0.4, -0.2) is 18.1 Å². The third kappa shape index (κ3) is 3.95. The highest BCUT2D eigenvalue weighted by atomic mass is 35.5. The quantitative estimate of drug-likeness (QED) is 0.794. The van der Waals surface area contributed by atoms with Crippen molar-refractivity contribution < 1.29 is 14.3 Å². The monoisotopic (exact) mass is 311 g/mol. The highest BCUT2D eigenvalue weighted by molar-refractivity contribution is 7.09. The van der Waals surface area contributed by atoms with Gasteiger partial charge in [-0.2, -0.15) is 0 Å². The minimum Gasteiger partial charge on any atom is -0.486 e. The number of nitrogens with zero attached hydrogens (tertiary/aromatic N) is 1. The Balaban J connectivity index is 1.95. The van der Waals surface area contributed by atoms with E-state index in [4.69, 9.17) is 16.3 Å². The van der Waals surface area contributed by atoms with Crippen LogP contribution in [0.2, 0.25) is 5.02 Å². The van der Waals surface area contributed by atoms with E-state index in [9.17, 15) is 4.79 Å². The lowest BCUT2D eigenvalue weighted by molar-refractivity contribution is -0.139. The van der Waals surface area contributed by atoms with Gasteiger partial charge >= 0.3 is 5.97 Å². The lowest BCUT2D eigenvalue weighted by atomic mass is 10.2. The van der Waals surface area contributed by atoms with Gasteiger partial charge in [0.05, 0.1) is 19.2 Å². The molecule has 0 unspecified atom stereocenters. The molecule has 0 amide bonds. The molecular weight excluding hydrogens is 298 g/mol. The normalized spacial score (nSPS) is 10.3. The number of carbonyl (C=O) groups excluding carboxylic acids is 1. The summed E-state index contributed by atoms with van der Waals surface area (Å²) in [7, 11) is 1.36. The molecule has 4 nitrogen and oxygen atoms in total. The molecule has 0 aliphatic heterocycles. The van der Waals surface area contributed by atoms with Gasteiger partial charge in [-0.15, -0.1) is 11.3 Å². The molecule has 0 aliphatic carbocycles. The molecule has 20 heavy (non-hydrogen) atoms. The van der Waals surface area contributed by atoms with E-state index in [0.717, 1.165) is 16.3 Å². The van der Waals surface area contributed by atoms with Gasteiger partial charge in [-0.05, 0) is 30.7 Å². The van der Waals surface area contributed by atoms with Crippen molar-refractivity contribution in [2.24, 2.45) is 0 Å². The first-order valence-corrected chi connectivity index (χ1v) is 7.23. The first kappa shape index (κ1) is 14.8. The Bertz CT molecular complexity index is 612. The third-order valence-electron chi connectivity index (χ3n) is 2.64. The van der Waals surface area contributed by atoms with E-state index in [1.807, 2.05) is 24.4 Å². The Morgan fingerprint density at radius 3 is 2.95 bits per heavy atom. The van der Waals surface area contributed by atoms with Crippen LogP contribution >= 0.6 is 22.9 Å². The summed E-state index contributed by atoms with van der Waals surface area (Å²) < 4.78 is 10.3. The summed E-state index contributed by atoms with van der Waals surface area (Å²) in [5.41, 5.74) is 1.68. The molecule has 0 N–H and O–H groups in total. The highest BCUT2D eigenvalue weighted by Gasteiger charge is 2.08. The number of aromatic nitrogens is 1. The van der Waals surface area contributed by atoms with Crippen LogP contribution in [0.15, 0.2) is 23.6 Å². The Labute approximate surface area is 126 Å². The molecule has 2 rings (SSSR count). The number of hydrogen-bond acceptors (Lipinski definition) is 5. The van der Waals surface area contributed by atoms with Crippen LogP contribution in [0.25, 0.3) is 0 Å². The number of benzene rings is 1. The molecule has 0 aliphatic rings. The van der Waals surface area contributed by atoms with Crippen molar-refractivity contribution in [3.8, 4) is 5.75 Å². The van der Waals surface area contributed by atoms with Gasteiger partial charge in [0.15, 0.2) is 0 Å². The van der Waals surface area contributed by atoms with E-state index < -0.39 is 0 Å². The Morgan fingerprint density at radius 1 is 1.45 bits per heavy atom. The zero-order valence-electron chi connectivity index (χ0n) is 11.2. The topological polar surface area (TPSA) is 48.4 Å². The largest absolute Gasteiger partial charge is 0.486 e. The third-order valence-corrected chi connectivity index (χ3v) is 3.75. The fourth-order valence-electron chi connectivity index (χ4n) is 1.63. The number of rotatable bonds is 5. The molecule has 0 saturated heterocycles. The first-order chi connectivity index (χ1) is 9.58. The summed E-state index contributed by atoms with van der Waals surface area (Å²) in [5, 5.41) is 3.34. The van der Waals surface area contributed by atoms with Crippen LogP contribution in [0.5, 0.6) is 5.75 Å². The van der Waals surface area contributed by atoms with E-state index in [1.54, 1.807) is 6.07 Å². The maximum absolute atomic E-state index is 11.1. The minimum absolute atomic E-state index is 0.187. The summed E-state index contributed by atoms with van der Waals surface area (Å²) in [5.74, 6) is 0.482. The fraction of sp³-hybridized carbons (Fsp3) is 0.286. The second-order valence-corrected chi connectivity index (χ2v) is 5.56. The lowest BCUT2D eigenvalue weighted by Gasteiger charge is -2.07. The molecule has 0 saturated carbocycles.